The molecular weight excluding hydrogens is 264 g/mol. The molecule has 0 bridgehead atoms. The van der Waals surface area contributed by atoms with E-state index in [4.69, 9.17) is 0 Å². The number of rotatable bonds is 6. The molecule has 4 nitrogen and oxygen atoms in total. The predicted molar refractivity (Wildman–Crippen MR) is 84.0 cm³/mol. The first kappa shape index (κ1) is 16.0. The minimum absolute atomic E-state index is 0.108. The van der Waals surface area contributed by atoms with Gasteiger partial charge >= 0.3 is 0 Å². The second kappa shape index (κ2) is 6.58. The fourth-order valence-corrected chi connectivity index (χ4v) is 2.96. The number of aryl methyl sites for hydroxylation is 1. The molecule has 0 spiro atoms. The van der Waals surface area contributed by atoms with Crippen LogP contribution < -0.4 is 0 Å². The van der Waals surface area contributed by atoms with E-state index in [9.17, 15) is 9.90 Å². The summed E-state index contributed by atoms with van der Waals surface area (Å²) >= 11 is 0. The molecule has 1 saturated heterocycles. The van der Waals surface area contributed by atoms with E-state index in [1.165, 1.54) is 11.1 Å². The molecule has 0 saturated carbocycles. The highest BCUT2D eigenvalue weighted by molar-refractivity contribution is 5.78. The van der Waals surface area contributed by atoms with E-state index >= 15 is 0 Å². The summed E-state index contributed by atoms with van der Waals surface area (Å²) in [5, 5.41) is 10.1. The van der Waals surface area contributed by atoms with Gasteiger partial charge in [-0.15, -0.1) is 0 Å². The summed E-state index contributed by atoms with van der Waals surface area (Å²) in [6.07, 6.45) is 1.79. The summed E-state index contributed by atoms with van der Waals surface area (Å²) in [7, 11) is 1.84. The van der Waals surface area contributed by atoms with Crippen LogP contribution in [0, 0.1) is 6.92 Å². The van der Waals surface area contributed by atoms with Gasteiger partial charge in [0.1, 0.15) is 0 Å². The third kappa shape index (κ3) is 4.05. The van der Waals surface area contributed by atoms with Gasteiger partial charge in [0.25, 0.3) is 0 Å². The first-order chi connectivity index (χ1) is 9.93. The molecule has 1 heterocycles. The van der Waals surface area contributed by atoms with Crippen LogP contribution in [0.4, 0.5) is 0 Å². The molecule has 1 aliphatic heterocycles. The van der Waals surface area contributed by atoms with Crippen molar-refractivity contribution in [2.24, 2.45) is 0 Å². The van der Waals surface area contributed by atoms with E-state index in [1.807, 2.05) is 24.1 Å². The molecule has 1 amide bonds. The van der Waals surface area contributed by atoms with Crippen LogP contribution in [-0.4, -0.2) is 53.1 Å². The summed E-state index contributed by atoms with van der Waals surface area (Å²) in [6.45, 7) is 6.40. The lowest BCUT2D eigenvalue weighted by atomic mass is 9.89. The molecule has 116 valence electrons. The second-order valence-electron chi connectivity index (χ2n) is 6.30. The smallest absolute Gasteiger partial charge is 0.236 e. The number of likely N-dealkylation sites (N-methyl/N-ethyl adjacent to an activating group) is 1. The first-order valence-corrected chi connectivity index (χ1v) is 7.67. The number of β-amino-alcohol motifs (C(OH)–C–C–N with tert-alkyl or cyclic N) is 1. The molecule has 1 N–H and O–H groups in total. The Bertz CT molecular complexity index is 495. The standard InChI is InChI=1S/C17H26N2O2/c1-4-9-17(21)12-19(13-17)11-16(20)18(3)10-15-8-6-5-7-14(15)2/h5-8,21H,4,9-13H2,1-3H3. The number of likely N-dealkylation sites (tertiary alicyclic amines) is 1. The van der Waals surface area contributed by atoms with E-state index < -0.39 is 5.60 Å². The average molecular weight is 290 g/mol. The van der Waals surface area contributed by atoms with Crippen molar-refractivity contribution in [2.75, 3.05) is 26.7 Å². The van der Waals surface area contributed by atoms with E-state index in [2.05, 4.69) is 26.0 Å². The van der Waals surface area contributed by atoms with E-state index in [0.29, 0.717) is 26.2 Å². The first-order valence-electron chi connectivity index (χ1n) is 7.67. The van der Waals surface area contributed by atoms with Crippen molar-refractivity contribution in [1.82, 2.24) is 9.80 Å². The Hall–Kier alpha value is -1.39. The molecule has 0 atom stereocenters. The SMILES string of the molecule is CCCC1(O)CN(CC(=O)N(C)Cc2ccccc2C)C1. The normalized spacial score (nSPS) is 17.3. The van der Waals surface area contributed by atoms with Crippen LogP contribution in [0.5, 0.6) is 0 Å². The van der Waals surface area contributed by atoms with E-state index in [0.717, 1.165) is 12.8 Å². The van der Waals surface area contributed by atoms with E-state index in [1.54, 1.807) is 4.90 Å². The largest absolute Gasteiger partial charge is 0.387 e. The van der Waals surface area contributed by atoms with Crippen LogP contribution in [0.2, 0.25) is 0 Å². The maximum atomic E-state index is 12.2. The maximum absolute atomic E-state index is 12.2. The second-order valence-corrected chi connectivity index (χ2v) is 6.30. The molecular formula is C17H26N2O2. The van der Waals surface area contributed by atoms with Crippen LogP contribution in [-0.2, 0) is 11.3 Å². The van der Waals surface area contributed by atoms with Crippen LogP contribution >= 0.6 is 0 Å². The molecule has 21 heavy (non-hydrogen) atoms. The number of benzene rings is 1. The zero-order valence-corrected chi connectivity index (χ0v) is 13.3. The highest BCUT2D eigenvalue weighted by atomic mass is 16.3. The minimum atomic E-state index is -0.566. The highest BCUT2D eigenvalue weighted by Gasteiger charge is 2.40. The molecule has 0 unspecified atom stereocenters. The van der Waals surface area contributed by atoms with Crippen LogP contribution in [0.3, 0.4) is 0 Å². The Morgan fingerprint density at radius 1 is 1.38 bits per heavy atom. The molecule has 0 radical (unpaired) electrons. The number of hydrogen-bond acceptors (Lipinski definition) is 3. The van der Waals surface area contributed by atoms with Gasteiger partial charge in [-0.3, -0.25) is 9.69 Å². The zero-order valence-electron chi connectivity index (χ0n) is 13.3. The number of hydrogen-bond donors (Lipinski definition) is 1. The number of amides is 1. The third-order valence-corrected chi connectivity index (χ3v) is 4.20. The number of carbonyl (C=O) groups is 1. The molecule has 0 aliphatic carbocycles. The van der Waals surface area contributed by atoms with Gasteiger partial charge in [-0.1, -0.05) is 37.6 Å². The van der Waals surface area contributed by atoms with Crippen molar-refractivity contribution in [3.05, 3.63) is 35.4 Å². The summed E-state index contributed by atoms with van der Waals surface area (Å²) in [5.41, 5.74) is 1.82. The maximum Gasteiger partial charge on any atom is 0.236 e. The highest BCUT2D eigenvalue weighted by Crippen LogP contribution is 2.25. The monoisotopic (exact) mass is 290 g/mol. The third-order valence-electron chi connectivity index (χ3n) is 4.20. The minimum Gasteiger partial charge on any atom is -0.387 e. The summed E-state index contributed by atoms with van der Waals surface area (Å²) in [6, 6.07) is 8.13. The molecule has 1 aromatic carbocycles. The number of carbonyl (C=O) groups excluding carboxylic acids is 1. The number of nitrogens with zero attached hydrogens (tertiary/aromatic N) is 2. The van der Waals surface area contributed by atoms with Gasteiger partial charge < -0.3 is 10.0 Å². The Morgan fingerprint density at radius 3 is 2.67 bits per heavy atom. The summed E-state index contributed by atoms with van der Waals surface area (Å²) in [4.78, 5) is 16.0. The lowest BCUT2D eigenvalue weighted by molar-refractivity contribution is -0.141. The van der Waals surface area contributed by atoms with Crippen molar-refractivity contribution in [1.29, 1.82) is 0 Å². The van der Waals surface area contributed by atoms with Crippen molar-refractivity contribution in [3.8, 4) is 0 Å². The predicted octanol–water partition coefficient (Wildman–Crippen LogP) is 1.80. The van der Waals surface area contributed by atoms with Crippen LogP contribution in [0.25, 0.3) is 0 Å². The van der Waals surface area contributed by atoms with Crippen molar-refractivity contribution < 1.29 is 9.90 Å². The van der Waals surface area contributed by atoms with Gasteiger partial charge in [-0.2, -0.15) is 0 Å². The Kier molecular flexibility index (Phi) is 5.01. The molecule has 2 rings (SSSR count). The van der Waals surface area contributed by atoms with Crippen LogP contribution in [0.1, 0.15) is 30.9 Å². The van der Waals surface area contributed by atoms with Gasteiger partial charge in [0, 0.05) is 26.7 Å². The van der Waals surface area contributed by atoms with E-state index in [-0.39, 0.29) is 5.91 Å². The van der Waals surface area contributed by atoms with Crippen LogP contribution in [0.15, 0.2) is 24.3 Å². The van der Waals surface area contributed by atoms with Gasteiger partial charge in [0.2, 0.25) is 5.91 Å². The molecule has 1 aliphatic rings. The Morgan fingerprint density at radius 2 is 2.05 bits per heavy atom. The van der Waals surface area contributed by atoms with Gasteiger partial charge in [-0.25, -0.2) is 0 Å². The topological polar surface area (TPSA) is 43.8 Å². The van der Waals surface area contributed by atoms with Crippen molar-refractivity contribution >= 4 is 5.91 Å². The summed E-state index contributed by atoms with van der Waals surface area (Å²) in [5.74, 6) is 0.108. The molecule has 1 fully saturated rings. The van der Waals surface area contributed by atoms with Gasteiger partial charge in [0.05, 0.1) is 12.1 Å². The zero-order chi connectivity index (χ0) is 15.5. The van der Waals surface area contributed by atoms with Gasteiger partial charge in [-0.05, 0) is 24.5 Å². The fourth-order valence-electron chi connectivity index (χ4n) is 2.96. The molecule has 0 aromatic heterocycles. The lowest BCUT2D eigenvalue weighted by Gasteiger charge is -2.46. The van der Waals surface area contributed by atoms with Crippen molar-refractivity contribution in [2.45, 2.75) is 38.8 Å². The fraction of sp³-hybridized carbons (Fsp3) is 0.588. The summed E-state index contributed by atoms with van der Waals surface area (Å²) < 4.78 is 0. The molecule has 1 aromatic rings. The average Bonchev–Trinajstić information content (AvgIpc) is 2.39. The quantitative estimate of drug-likeness (QED) is 0.869. The Labute approximate surface area is 127 Å². The lowest BCUT2D eigenvalue weighted by Crippen LogP contribution is -2.63. The van der Waals surface area contributed by atoms with Crippen molar-refractivity contribution in [3.63, 3.8) is 0 Å². The molecule has 4 heteroatoms. The Balaban J connectivity index is 1.81. The van der Waals surface area contributed by atoms with Gasteiger partial charge in [0.15, 0.2) is 0 Å². The number of aliphatic hydroxyl groups is 1.